The summed E-state index contributed by atoms with van der Waals surface area (Å²) in [6, 6.07) is 3.49. The van der Waals surface area contributed by atoms with Gasteiger partial charge in [0.25, 0.3) is 0 Å². The minimum atomic E-state index is -0.0185. The molecule has 1 N–H and O–H groups in total. The van der Waals surface area contributed by atoms with Gasteiger partial charge in [0.05, 0.1) is 19.0 Å². The predicted molar refractivity (Wildman–Crippen MR) is 90.7 cm³/mol. The van der Waals surface area contributed by atoms with Gasteiger partial charge in [0.1, 0.15) is 0 Å². The number of carbonyl (C=O) groups is 2. The van der Waals surface area contributed by atoms with Gasteiger partial charge in [0, 0.05) is 32.0 Å². The Morgan fingerprint density at radius 3 is 2.79 bits per heavy atom. The van der Waals surface area contributed by atoms with E-state index < -0.39 is 0 Å². The fourth-order valence-corrected chi connectivity index (χ4v) is 3.15. The predicted octanol–water partition coefficient (Wildman–Crippen LogP) is 2.46. The van der Waals surface area contributed by atoms with Gasteiger partial charge in [-0.3, -0.25) is 9.59 Å². The molecule has 2 aliphatic rings. The maximum atomic E-state index is 12.2. The molecule has 0 spiro atoms. The van der Waals surface area contributed by atoms with Crippen LogP contribution in [0.15, 0.2) is 18.3 Å². The summed E-state index contributed by atoms with van der Waals surface area (Å²) in [4.78, 5) is 30.5. The van der Waals surface area contributed by atoms with E-state index in [9.17, 15) is 9.59 Å². The second-order valence-electron chi connectivity index (χ2n) is 6.82. The van der Waals surface area contributed by atoms with Crippen LogP contribution in [0.1, 0.15) is 38.5 Å². The van der Waals surface area contributed by atoms with Gasteiger partial charge in [-0.25, -0.2) is 4.98 Å². The summed E-state index contributed by atoms with van der Waals surface area (Å²) in [5.74, 6) is 1.74. The number of nitrogens with zero attached hydrogens (tertiary/aromatic N) is 2. The summed E-state index contributed by atoms with van der Waals surface area (Å²) < 4.78 is 5.00. The number of hydrogen-bond acceptors (Lipinski definition) is 4. The van der Waals surface area contributed by atoms with E-state index in [4.69, 9.17) is 4.74 Å². The first-order valence-electron chi connectivity index (χ1n) is 8.71. The molecule has 0 aromatic carbocycles. The zero-order valence-electron chi connectivity index (χ0n) is 14.2. The van der Waals surface area contributed by atoms with Gasteiger partial charge < -0.3 is 15.0 Å². The number of methoxy groups -OCH3 is 1. The number of likely N-dealkylation sites (tertiary alicyclic amines) is 1. The molecule has 0 bridgehead atoms. The van der Waals surface area contributed by atoms with E-state index in [1.54, 1.807) is 25.4 Å². The number of ether oxygens (including phenoxy) is 1. The van der Waals surface area contributed by atoms with E-state index in [2.05, 4.69) is 10.3 Å². The molecule has 1 saturated carbocycles. The van der Waals surface area contributed by atoms with Crippen molar-refractivity contribution in [1.29, 1.82) is 0 Å². The van der Waals surface area contributed by atoms with Gasteiger partial charge in [-0.2, -0.15) is 0 Å². The Morgan fingerprint density at radius 2 is 2.12 bits per heavy atom. The van der Waals surface area contributed by atoms with E-state index in [0.717, 1.165) is 31.8 Å². The normalized spacial score (nSPS) is 21.3. The zero-order valence-corrected chi connectivity index (χ0v) is 14.2. The van der Waals surface area contributed by atoms with Crippen molar-refractivity contribution in [3.05, 3.63) is 18.3 Å². The SMILES string of the molecule is COc1ccc(NC(=O)CC2CCC(=O)N(CC3CC3)CC2)cn1. The number of aromatic nitrogens is 1. The highest BCUT2D eigenvalue weighted by Gasteiger charge is 2.29. The maximum absolute atomic E-state index is 12.2. The molecule has 2 fully saturated rings. The first kappa shape index (κ1) is 16.7. The number of anilines is 1. The fourth-order valence-electron chi connectivity index (χ4n) is 3.15. The molecule has 6 nitrogen and oxygen atoms in total. The van der Waals surface area contributed by atoms with Gasteiger partial charge in [0.15, 0.2) is 0 Å². The van der Waals surface area contributed by atoms with Crippen LogP contribution in [0, 0.1) is 11.8 Å². The molecule has 130 valence electrons. The van der Waals surface area contributed by atoms with Crippen molar-refractivity contribution in [3.63, 3.8) is 0 Å². The van der Waals surface area contributed by atoms with Crippen molar-refractivity contribution >= 4 is 17.5 Å². The van der Waals surface area contributed by atoms with E-state index >= 15 is 0 Å². The molecule has 2 heterocycles. The number of carbonyl (C=O) groups excluding carboxylic acids is 2. The Morgan fingerprint density at radius 1 is 1.29 bits per heavy atom. The van der Waals surface area contributed by atoms with Crippen molar-refractivity contribution in [2.75, 3.05) is 25.5 Å². The number of nitrogens with one attached hydrogen (secondary N) is 1. The van der Waals surface area contributed by atoms with E-state index in [0.29, 0.717) is 24.4 Å². The Kier molecular flexibility index (Phi) is 5.33. The highest BCUT2D eigenvalue weighted by Crippen LogP contribution is 2.31. The van der Waals surface area contributed by atoms with Crippen LogP contribution < -0.4 is 10.1 Å². The molecular weight excluding hydrogens is 306 g/mol. The van der Waals surface area contributed by atoms with Gasteiger partial charge in [0.2, 0.25) is 17.7 Å². The largest absolute Gasteiger partial charge is 0.481 e. The Labute approximate surface area is 142 Å². The molecule has 1 aliphatic heterocycles. The molecule has 2 amide bonds. The molecule has 1 aromatic rings. The highest BCUT2D eigenvalue weighted by molar-refractivity contribution is 5.90. The van der Waals surface area contributed by atoms with Crippen molar-refractivity contribution in [1.82, 2.24) is 9.88 Å². The lowest BCUT2D eigenvalue weighted by molar-refractivity contribution is -0.131. The lowest BCUT2D eigenvalue weighted by atomic mass is 9.96. The van der Waals surface area contributed by atoms with Gasteiger partial charge in [-0.1, -0.05) is 0 Å². The molecule has 0 radical (unpaired) electrons. The molecule has 1 aliphatic carbocycles. The van der Waals surface area contributed by atoms with Crippen LogP contribution in [0.3, 0.4) is 0 Å². The van der Waals surface area contributed by atoms with Crippen molar-refractivity contribution in [2.45, 2.75) is 38.5 Å². The molecule has 1 unspecified atom stereocenters. The summed E-state index contributed by atoms with van der Waals surface area (Å²) in [5, 5.41) is 2.87. The van der Waals surface area contributed by atoms with E-state index in [1.165, 1.54) is 12.8 Å². The topological polar surface area (TPSA) is 71.5 Å². The minimum Gasteiger partial charge on any atom is -0.481 e. The van der Waals surface area contributed by atoms with Crippen LogP contribution >= 0.6 is 0 Å². The van der Waals surface area contributed by atoms with Gasteiger partial charge in [-0.15, -0.1) is 0 Å². The van der Waals surface area contributed by atoms with Crippen molar-refractivity contribution < 1.29 is 14.3 Å². The number of rotatable bonds is 6. The average Bonchev–Trinajstić information content (AvgIpc) is 3.41. The first-order chi connectivity index (χ1) is 11.6. The van der Waals surface area contributed by atoms with Crippen LogP contribution in [0.25, 0.3) is 0 Å². The molecule has 24 heavy (non-hydrogen) atoms. The Bertz CT molecular complexity index is 584. The Hall–Kier alpha value is -2.11. The van der Waals surface area contributed by atoms with Gasteiger partial charge >= 0.3 is 0 Å². The van der Waals surface area contributed by atoms with Crippen molar-refractivity contribution in [3.8, 4) is 5.88 Å². The molecular formula is C18H25N3O3. The standard InChI is InChI=1S/C18H25N3O3/c1-24-17-6-5-15(11-19-17)20-16(22)10-13-4-7-18(23)21(9-8-13)12-14-2-3-14/h5-6,11,13-14H,2-4,7-10,12H2,1H3,(H,20,22). The minimum absolute atomic E-state index is 0.0185. The van der Waals surface area contributed by atoms with E-state index in [1.807, 2.05) is 4.90 Å². The summed E-state index contributed by atoms with van der Waals surface area (Å²) in [7, 11) is 1.56. The number of pyridine rings is 1. The molecule has 1 saturated heterocycles. The number of hydrogen-bond donors (Lipinski definition) is 1. The number of amides is 2. The monoisotopic (exact) mass is 331 g/mol. The molecule has 6 heteroatoms. The smallest absolute Gasteiger partial charge is 0.224 e. The fraction of sp³-hybridized carbons (Fsp3) is 0.611. The molecule has 1 atom stereocenters. The van der Waals surface area contributed by atoms with Gasteiger partial charge in [-0.05, 0) is 43.6 Å². The summed E-state index contributed by atoms with van der Waals surface area (Å²) in [6.45, 7) is 1.70. The Balaban J connectivity index is 1.47. The van der Waals surface area contributed by atoms with Crippen molar-refractivity contribution in [2.24, 2.45) is 11.8 Å². The summed E-state index contributed by atoms with van der Waals surface area (Å²) >= 11 is 0. The quantitative estimate of drug-likeness (QED) is 0.869. The van der Waals surface area contributed by atoms with Crippen LogP contribution in [-0.4, -0.2) is 41.9 Å². The lowest BCUT2D eigenvalue weighted by Crippen LogP contribution is -2.32. The third-order valence-corrected chi connectivity index (χ3v) is 4.81. The summed E-state index contributed by atoms with van der Waals surface area (Å²) in [6.07, 6.45) is 6.83. The lowest BCUT2D eigenvalue weighted by Gasteiger charge is -2.20. The average molecular weight is 331 g/mol. The van der Waals surface area contributed by atoms with Crippen LogP contribution in [0.5, 0.6) is 5.88 Å². The molecule has 1 aromatic heterocycles. The third-order valence-electron chi connectivity index (χ3n) is 4.81. The third kappa shape index (κ3) is 4.69. The zero-order chi connectivity index (χ0) is 16.9. The second kappa shape index (κ2) is 7.64. The van der Waals surface area contributed by atoms with Crippen LogP contribution in [0.2, 0.25) is 0 Å². The highest BCUT2D eigenvalue weighted by atomic mass is 16.5. The first-order valence-corrected chi connectivity index (χ1v) is 8.71. The van der Waals surface area contributed by atoms with E-state index in [-0.39, 0.29) is 17.7 Å². The summed E-state index contributed by atoms with van der Waals surface area (Å²) in [5.41, 5.74) is 0.667. The molecule has 3 rings (SSSR count). The van der Waals surface area contributed by atoms with Crippen LogP contribution in [-0.2, 0) is 9.59 Å². The maximum Gasteiger partial charge on any atom is 0.224 e. The van der Waals surface area contributed by atoms with Crippen LogP contribution in [0.4, 0.5) is 5.69 Å². The second-order valence-corrected chi connectivity index (χ2v) is 6.82.